The van der Waals surface area contributed by atoms with Gasteiger partial charge in [-0.1, -0.05) is 48.5 Å². The van der Waals surface area contributed by atoms with Crippen molar-refractivity contribution in [1.29, 1.82) is 0 Å². The first-order valence-corrected chi connectivity index (χ1v) is 8.94. The Bertz CT molecular complexity index is 714. The van der Waals surface area contributed by atoms with Crippen LogP contribution < -0.4 is 4.74 Å². The average molecular weight is 354 g/mol. The minimum atomic E-state index is -0.334. The molecule has 0 unspecified atom stereocenters. The van der Waals surface area contributed by atoms with E-state index in [1.54, 1.807) is 7.11 Å². The van der Waals surface area contributed by atoms with E-state index in [4.69, 9.17) is 9.47 Å². The number of carbonyl (C=O) groups is 1. The first kappa shape index (κ1) is 18.4. The van der Waals surface area contributed by atoms with Gasteiger partial charge >= 0.3 is 0 Å². The van der Waals surface area contributed by atoms with Crippen LogP contribution in [0.5, 0.6) is 5.75 Å². The van der Waals surface area contributed by atoms with Crippen molar-refractivity contribution in [2.75, 3.05) is 40.5 Å². The van der Waals surface area contributed by atoms with Crippen molar-refractivity contribution in [2.45, 2.75) is 12.6 Å². The normalized spacial score (nSPS) is 15.7. The van der Waals surface area contributed by atoms with Crippen LogP contribution in [-0.2, 0) is 16.1 Å². The second-order valence-corrected chi connectivity index (χ2v) is 6.48. The van der Waals surface area contributed by atoms with Gasteiger partial charge < -0.3 is 14.4 Å². The minimum Gasteiger partial charge on any atom is -0.496 e. The quantitative estimate of drug-likeness (QED) is 0.800. The lowest BCUT2D eigenvalue weighted by Crippen LogP contribution is -2.46. The summed E-state index contributed by atoms with van der Waals surface area (Å²) in [7, 11) is 3.66. The standard InChI is InChI=1S/C21H26N2O3/c1-22(16-18-10-6-7-11-19(18)25-2)20(17-8-4-3-5-9-17)21(24)23-12-14-26-15-13-23/h3-11,20H,12-16H2,1-2H3/t20-/m1/s1. The molecule has 138 valence electrons. The van der Waals surface area contributed by atoms with Gasteiger partial charge in [0.15, 0.2) is 0 Å². The maximum atomic E-state index is 13.3. The number of carbonyl (C=O) groups excluding carboxylic acids is 1. The molecule has 5 heteroatoms. The zero-order chi connectivity index (χ0) is 18.4. The monoisotopic (exact) mass is 354 g/mol. The van der Waals surface area contributed by atoms with E-state index < -0.39 is 0 Å². The third kappa shape index (κ3) is 4.23. The second-order valence-electron chi connectivity index (χ2n) is 6.48. The number of para-hydroxylation sites is 1. The highest BCUT2D eigenvalue weighted by Gasteiger charge is 2.30. The average Bonchev–Trinajstić information content (AvgIpc) is 2.70. The highest BCUT2D eigenvalue weighted by Crippen LogP contribution is 2.27. The molecule has 0 bridgehead atoms. The minimum absolute atomic E-state index is 0.122. The molecule has 1 aliphatic heterocycles. The summed E-state index contributed by atoms with van der Waals surface area (Å²) in [5.41, 5.74) is 2.06. The first-order chi connectivity index (χ1) is 12.7. The number of likely N-dealkylation sites (N-methyl/N-ethyl adjacent to an activating group) is 1. The van der Waals surface area contributed by atoms with Crippen molar-refractivity contribution >= 4 is 5.91 Å². The SMILES string of the molecule is COc1ccccc1CN(C)[C@@H](C(=O)N1CCOCC1)c1ccccc1. The molecule has 1 saturated heterocycles. The zero-order valence-electron chi connectivity index (χ0n) is 15.4. The molecule has 1 atom stereocenters. The maximum Gasteiger partial charge on any atom is 0.244 e. The van der Waals surface area contributed by atoms with Crippen LogP contribution in [0.1, 0.15) is 17.2 Å². The van der Waals surface area contributed by atoms with Crippen LogP contribution >= 0.6 is 0 Å². The number of hydrogen-bond donors (Lipinski definition) is 0. The number of hydrogen-bond acceptors (Lipinski definition) is 4. The number of methoxy groups -OCH3 is 1. The van der Waals surface area contributed by atoms with E-state index in [2.05, 4.69) is 4.90 Å². The molecule has 0 radical (unpaired) electrons. The van der Waals surface area contributed by atoms with Crippen molar-refractivity contribution in [3.63, 3.8) is 0 Å². The first-order valence-electron chi connectivity index (χ1n) is 8.94. The Hall–Kier alpha value is -2.37. The van der Waals surface area contributed by atoms with Gasteiger partial charge in [-0.2, -0.15) is 0 Å². The van der Waals surface area contributed by atoms with Crippen LogP contribution in [0.25, 0.3) is 0 Å². The Labute approximate surface area is 155 Å². The van der Waals surface area contributed by atoms with Gasteiger partial charge in [-0.3, -0.25) is 9.69 Å². The van der Waals surface area contributed by atoms with Gasteiger partial charge in [0.25, 0.3) is 0 Å². The number of amides is 1. The van der Waals surface area contributed by atoms with E-state index >= 15 is 0 Å². The van der Waals surface area contributed by atoms with Crippen molar-refractivity contribution in [2.24, 2.45) is 0 Å². The molecule has 1 amide bonds. The van der Waals surface area contributed by atoms with E-state index in [0.29, 0.717) is 32.8 Å². The van der Waals surface area contributed by atoms with Crippen LogP contribution in [-0.4, -0.2) is 56.2 Å². The smallest absolute Gasteiger partial charge is 0.244 e. The summed E-state index contributed by atoms with van der Waals surface area (Å²) in [6.45, 7) is 3.11. The van der Waals surface area contributed by atoms with Gasteiger partial charge in [0.2, 0.25) is 5.91 Å². The van der Waals surface area contributed by atoms with Gasteiger partial charge in [0.1, 0.15) is 11.8 Å². The molecule has 5 nitrogen and oxygen atoms in total. The summed E-state index contributed by atoms with van der Waals surface area (Å²) in [5, 5.41) is 0. The summed E-state index contributed by atoms with van der Waals surface area (Å²) in [6.07, 6.45) is 0. The van der Waals surface area contributed by atoms with Crippen molar-refractivity contribution in [3.05, 3.63) is 65.7 Å². The third-order valence-corrected chi connectivity index (χ3v) is 4.73. The number of nitrogens with zero attached hydrogens (tertiary/aromatic N) is 2. The summed E-state index contributed by atoms with van der Waals surface area (Å²) < 4.78 is 10.9. The molecule has 2 aromatic rings. The van der Waals surface area contributed by atoms with Gasteiger partial charge in [-0.15, -0.1) is 0 Å². The predicted molar refractivity (Wildman–Crippen MR) is 101 cm³/mol. The number of ether oxygens (including phenoxy) is 2. The molecule has 1 fully saturated rings. The van der Waals surface area contributed by atoms with Crippen LogP contribution in [0, 0.1) is 0 Å². The van der Waals surface area contributed by atoms with Crippen LogP contribution in [0.3, 0.4) is 0 Å². The lowest BCUT2D eigenvalue weighted by molar-refractivity contribution is -0.141. The van der Waals surface area contributed by atoms with Crippen molar-refractivity contribution in [1.82, 2.24) is 9.80 Å². The lowest BCUT2D eigenvalue weighted by Gasteiger charge is -2.34. The van der Waals surface area contributed by atoms with Crippen LogP contribution in [0.15, 0.2) is 54.6 Å². The Morgan fingerprint density at radius 1 is 1.12 bits per heavy atom. The Morgan fingerprint density at radius 3 is 2.46 bits per heavy atom. The number of morpholine rings is 1. The molecular weight excluding hydrogens is 328 g/mol. The lowest BCUT2D eigenvalue weighted by atomic mass is 10.0. The molecule has 0 aromatic heterocycles. The van der Waals surface area contributed by atoms with E-state index in [-0.39, 0.29) is 11.9 Å². The molecular formula is C21H26N2O3. The van der Waals surface area contributed by atoms with E-state index in [9.17, 15) is 4.79 Å². The second kappa shape index (κ2) is 8.83. The highest BCUT2D eigenvalue weighted by atomic mass is 16.5. The highest BCUT2D eigenvalue weighted by molar-refractivity contribution is 5.83. The van der Waals surface area contributed by atoms with Gasteiger partial charge in [0.05, 0.1) is 20.3 Å². The number of benzene rings is 2. The van der Waals surface area contributed by atoms with Crippen molar-refractivity contribution < 1.29 is 14.3 Å². The summed E-state index contributed by atoms with van der Waals surface area (Å²) in [5.74, 6) is 0.960. The molecule has 0 spiro atoms. The predicted octanol–water partition coefficient (Wildman–Crippen LogP) is 2.73. The molecule has 0 aliphatic carbocycles. The van der Waals surface area contributed by atoms with Gasteiger partial charge in [-0.25, -0.2) is 0 Å². The molecule has 1 aliphatic rings. The number of rotatable bonds is 6. The summed E-state index contributed by atoms with van der Waals surface area (Å²) in [4.78, 5) is 17.3. The van der Waals surface area contributed by atoms with Crippen LogP contribution in [0.4, 0.5) is 0 Å². The fraction of sp³-hybridized carbons (Fsp3) is 0.381. The zero-order valence-corrected chi connectivity index (χ0v) is 15.4. The molecule has 0 N–H and O–H groups in total. The fourth-order valence-corrected chi connectivity index (χ4v) is 3.37. The van der Waals surface area contributed by atoms with Gasteiger partial charge in [-0.05, 0) is 18.7 Å². The maximum absolute atomic E-state index is 13.3. The topological polar surface area (TPSA) is 42.0 Å². The molecule has 0 saturated carbocycles. The molecule has 26 heavy (non-hydrogen) atoms. The Kier molecular flexibility index (Phi) is 6.26. The Morgan fingerprint density at radius 2 is 1.77 bits per heavy atom. The molecule has 3 rings (SSSR count). The van der Waals surface area contributed by atoms with E-state index in [1.165, 1.54) is 0 Å². The van der Waals surface area contributed by atoms with E-state index in [0.717, 1.165) is 16.9 Å². The Balaban J connectivity index is 1.86. The van der Waals surface area contributed by atoms with E-state index in [1.807, 2.05) is 66.5 Å². The van der Waals surface area contributed by atoms with Crippen LogP contribution in [0.2, 0.25) is 0 Å². The third-order valence-electron chi connectivity index (χ3n) is 4.73. The summed E-state index contributed by atoms with van der Waals surface area (Å²) >= 11 is 0. The largest absolute Gasteiger partial charge is 0.496 e. The fourth-order valence-electron chi connectivity index (χ4n) is 3.37. The van der Waals surface area contributed by atoms with Crippen molar-refractivity contribution in [3.8, 4) is 5.75 Å². The molecule has 1 heterocycles. The molecule has 2 aromatic carbocycles. The summed E-state index contributed by atoms with van der Waals surface area (Å²) in [6, 6.07) is 17.6. The van der Waals surface area contributed by atoms with Gasteiger partial charge in [0, 0.05) is 25.2 Å².